The minimum absolute atomic E-state index is 0.0866. The molecule has 194 valence electrons. The van der Waals surface area contributed by atoms with Crippen molar-refractivity contribution in [1.82, 2.24) is 0 Å². The predicted octanol–water partition coefficient (Wildman–Crippen LogP) is 7.55. The lowest BCUT2D eigenvalue weighted by atomic mass is 9.85. The van der Waals surface area contributed by atoms with Crippen molar-refractivity contribution in [3.05, 3.63) is 121 Å². The summed E-state index contributed by atoms with van der Waals surface area (Å²) in [5.74, 6) is 0.881. The van der Waals surface area contributed by atoms with Gasteiger partial charge in [0.2, 0.25) is 0 Å². The van der Waals surface area contributed by atoms with Crippen molar-refractivity contribution < 1.29 is 9.53 Å². The molecule has 0 aliphatic rings. The highest BCUT2D eigenvalue weighted by Gasteiger charge is 2.52. The highest BCUT2D eigenvalue weighted by Crippen LogP contribution is 2.37. The number of allylic oxidation sites excluding steroid dienone is 3. The number of benzene rings is 3. The molecule has 0 aromatic heterocycles. The first kappa shape index (κ1) is 28.4. The molecule has 0 heterocycles. The summed E-state index contributed by atoms with van der Waals surface area (Å²) < 4.78 is 7.11. The third-order valence-corrected chi connectivity index (χ3v) is 11.7. The van der Waals surface area contributed by atoms with Gasteiger partial charge in [-0.25, -0.2) is 0 Å². The van der Waals surface area contributed by atoms with Crippen molar-refractivity contribution >= 4 is 24.8 Å². The largest absolute Gasteiger partial charge is 0.534 e. The van der Waals surface area contributed by atoms with Gasteiger partial charge in [-0.05, 0) is 53.4 Å². The second-order valence-electron chi connectivity index (χ2n) is 11.6. The van der Waals surface area contributed by atoms with Crippen molar-refractivity contribution in [3.8, 4) is 5.75 Å². The quantitative estimate of drug-likeness (QED) is 0.225. The van der Waals surface area contributed by atoms with Crippen LogP contribution in [0.1, 0.15) is 53.5 Å². The Morgan fingerprint density at radius 1 is 0.757 bits per heavy atom. The molecule has 3 aromatic rings. The predicted molar refractivity (Wildman–Crippen MR) is 162 cm³/mol. The van der Waals surface area contributed by atoms with E-state index in [1.54, 1.807) is 13.8 Å². The zero-order chi connectivity index (χ0) is 27.2. The van der Waals surface area contributed by atoms with Gasteiger partial charge in [0.25, 0.3) is 0 Å². The van der Waals surface area contributed by atoms with Crippen molar-refractivity contribution in [2.24, 2.45) is 5.41 Å². The Morgan fingerprint density at radius 2 is 1.27 bits per heavy atom. The van der Waals surface area contributed by atoms with Gasteiger partial charge in [-0.2, -0.15) is 0 Å². The van der Waals surface area contributed by atoms with E-state index in [2.05, 4.69) is 131 Å². The lowest BCUT2D eigenvalue weighted by molar-refractivity contribution is 0.132. The van der Waals surface area contributed by atoms with E-state index in [0.717, 1.165) is 17.7 Å². The van der Waals surface area contributed by atoms with Gasteiger partial charge < -0.3 is 9.53 Å². The van der Waals surface area contributed by atoms with E-state index in [-0.39, 0.29) is 10.5 Å². The Hall–Kier alpha value is -3.14. The van der Waals surface area contributed by atoms with Gasteiger partial charge in [-0.1, -0.05) is 131 Å². The monoisotopic (exact) mass is 510 g/mol. The topological polar surface area (TPSA) is 29.5 Å². The normalized spacial score (nSPS) is 14.6. The molecule has 2 nitrogen and oxygen atoms in total. The van der Waals surface area contributed by atoms with Crippen LogP contribution in [0.4, 0.5) is 0 Å². The summed E-state index contributed by atoms with van der Waals surface area (Å²) in [5.41, 5.74) is 0.0906. The van der Waals surface area contributed by atoms with Crippen molar-refractivity contribution in [2.75, 3.05) is 0 Å². The highest BCUT2D eigenvalue weighted by molar-refractivity contribution is 7.00. The van der Waals surface area contributed by atoms with Gasteiger partial charge in [0, 0.05) is 5.41 Å². The third kappa shape index (κ3) is 7.21. The fraction of sp³-hybridized carbons (Fsp3) is 0.294. The highest BCUT2D eigenvalue weighted by atomic mass is 28.4. The Morgan fingerprint density at radius 3 is 1.70 bits per heavy atom. The van der Waals surface area contributed by atoms with Crippen LogP contribution in [0.3, 0.4) is 0 Å². The molecule has 0 aliphatic carbocycles. The van der Waals surface area contributed by atoms with E-state index in [9.17, 15) is 5.11 Å². The molecule has 3 rings (SSSR count). The minimum Gasteiger partial charge on any atom is -0.534 e. The Labute approximate surface area is 225 Å². The van der Waals surface area contributed by atoms with E-state index >= 15 is 0 Å². The maximum absolute atomic E-state index is 9.96. The maximum Gasteiger partial charge on any atom is 0.319 e. The zero-order valence-corrected chi connectivity index (χ0v) is 24.2. The number of rotatable bonds is 10. The van der Waals surface area contributed by atoms with Gasteiger partial charge in [-0.15, -0.1) is 6.58 Å². The molecule has 37 heavy (non-hydrogen) atoms. The summed E-state index contributed by atoms with van der Waals surface area (Å²) in [6.45, 7) is 16.6. The summed E-state index contributed by atoms with van der Waals surface area (Å²) in [7, 11) is -2.65. The first-order valence-electron chi connectivity index (χ1n) is 13.0. The fourth-order valence-electron chi connectivity index (χ4n) is 4.58. The molecule has 0 fully saturated rings. The van der Waals surface area contributed by atoms with Gasteiger partial charge in [-0.3, -0.25) is 0 Å². The minimum atomic E-state index is -2.65. The molecule has 0 amide bonds. The molecule has 0 radical (unpaired) electrons. The van der Waals surface area contributed by atoms with Crippen LogP contribution in [0.15, 0.2) is 116 Å². The summed E-state index contributed by atoms with van der Waals surface area (Å²) in [6, 6.07) is 29.8. The Balaban J connectivity index is 1.92. The average molecular weight is 511 g/mol. The van der Waals surface area contributed by atoms with Gasteiger partial charge in [0.15, 0.2) is 0 Å². The van der Waals surface area contributed by atoms with Crippen LogP contribution < -0.4 is 14.8 Å². The summed E-state index contributed by atoms with van der Waals surface area (Å²) in [6.07, 6.45) is 10.9. The molecule has 1 atom stereocenters. The first-order valence-corrected chi connectivity index (χ1v) is 14.9. The van der Waals surface area contributed by atoms with Gasteiger partial charge in [0.1, 0.15) is 5.75 Å². The van der Waals surface area contributed by atoms with Crippen LogP contribution >= 0.6 is 0 Å². The average Bonchev–Trinajstić information content (AvgIpc) is 2.86. The van der Waals surface area contributed by atoms with Crippen LogP contribution in [0.5, 0.6) is 5.75 Å². The SMILES string of the molecule is C=CC(C)(/C=C/c1ccc(O[Si](c2ccccc2)(c2ccccc2)C(C)(C)C)cc1)C/C=C/C(C)(C)O. The Bertz CT molecular complexity index is 1160. The van der Waals surface area contributed by atoms with E-state index in [1.807, 2.05) is 18.2 Å². The fourth-order valence-corrected chi connectivity index (χ4v) is 9.00. The number of hydrogen-bond acceptors (Lipinski definition) is 2. The van der Waals surface area contributed by atoms with E-state index in [1.165, 1.54) is 10.4 Å². The van der Waals surface area contributed by atoms with Crippen LogP contribution in [-0.4, -0.2) is 19.0 Å². The second kappa shape index (κ2) is 11.5. The third-order valence-electron chi connectivity index (χ3n) is 6.77. The molecule has 3 heteroatoms. The maximum atomic E-state index is 9.96. The number of hydrogen-bond donors (Lipinski definition) is 1. The smallest absolute Gasteiger partial charge is 0.319 e. The second-order valence-corrected chi connectivity index (χ2v) is 15.9. The van der Waals surface area contributed by atoms with E-state index < -0.39 is 13.9 Å². The number of aliphatic hydroxyl groups is 1. The van der Waals surface area contributed by atoms with Crippen molar-refractivity contribution in [3.63, 3.8) is 0 Å². The lowest BCUT2D eigenvalue weighted by Crippen LogP contribution is -2.68. The molecular weight excluding hydrogens is 468 g/mol. The van der Waals surface area contributed by atoms with Gasteiger partial charge >= 0.3 is 8.32 Å². The Kier molecular flexibility index (Phi) is 8.83. The van der Waals surface area contributed by atoms with E-state index in [0.29, 0.717) is 0 Å². The standard InChI is InChI=1S/C34H42O2Si/c1-8-34(7,26-15-25-33(5,6)35)27-24-28-20-22-29(23-21-28)36-37(32(2,3)4,30-16-11-9-12-17-30)31-18-13-10-14-19-31/h8-25,27,35H,1,26H2,2-7H3/b25-15+,27-24+. The first-order chi connectivity index (χ1) is 17.4. The molecule has 1 N–H and O–H groups in total. The van der Waals surface area contributed by atoms with Gasteiger partial charge in [0.05, 0.1) is 5.60 Å². The van der Waals surface area contributed by atoms with Crippen LogP contribution in [0.25, 0.3) is 6.08 Å². The van der Waals surface area contributed by atoms with Crippen LogP contribution in [0, 0.1) is 5.41 Å². The molecule has 0 aliphatic heterocycles. The molecule has 0 saturated carbocycles. The lowest BCUT2D eigenvalue weighted by Gasteiger charge is -2.43. The summed E-state index contributed by atoms with van der Waals surface area (Å²) in [5, 5.41) is 12.4. The van der Waals surface area contributed by atoms with Crippen LogP contribution in [-0.2, 0) is 0 Å². The molecule has 0 saturated heterocycles. The zero-order valence-electron chi connectivity index (χ0n) is 23.2. The van der Waals surface area contributed by atoms with Crippen LogP contribution in [0.2, 0.25) is 5.04 Å². The molecule has 0 spiro atoms. The summed E-state index contributed by atoms with van der Waals surface area (Å²) in [4.78, 5) is 0. The molecular formula is C34H42O2Si. The van der Waals surface area contributed by atoms with Crippen molar-refractivity contribution in [2.45, 2.75) is 58.6 Å². The summed E-state index contributed by atoms with van der Waals surface area (Å²) >= 11 is 0. The van der Waals surface area contributed by atoms with E-state index in [4.69, 9.17) is 4.43 Å². The molecule has 0 bridgehead atoms. The van der Waals surface area contributed by atoms with Crippen molar-refractivity contribution in [1.29, 1.82) is 0 Å². The molecule has 3 aromatic carbocycles. The molecule has 1 unspecified atom stereocenters.